The number of carboxylic acids is 1. The maximum absolute atomic E-state index is 11.0. The van der Waals surface area contributed by atoms with E-state index >= 15 is 0 Å². The predicted molar refractivity (Wildman–Crippen MR) is 145 cm³/mol. The molecule has 3 aromatic carbocycles. The Morgan fingerprint density at radius 2 is 1.53 bits per heavy atom. The zero-order valence-corrected chi connectivity index (χ0v) is 21.3. The average Bonchev–Trinajstić information content (AvgIpc) is 2.87. The summed E-state index contributed by atoms with van der Waals surface area (Å²) in [4.78, 5) is 11.0. The second-order valence-corrected chi connectivity index (χ2v) is 7.36. The second-order valence-electron chi connectivity index (χ2n) is 7.36. The van der Waals surface area contributed by atoms with E-state index in [1.807, 2.05) is 58.9 Å². The first-order valence-corrected chi connectivity index (χ1v) is 12.0. The van der Waals surface area contributed by atoms with Crippen LogP contribution in [-0.4, -0.2) is 28.8 Å². The molecular formula is C30H39NO3. The van der Waals surface area contributed by atoms with Crippen molar-refractivity contribution >= 4 is 18.1 Å². The maximum atomic E-state index is 11.0. The van der Waals surface area contributed by atoms with Crippen molar-refractivity contribution in [3.05, 3.63) is 94.5 Å². The minimum atomic E-state index is -1.05. The highest BCUT2D eigenvalue weighted by atomic mass is 16.4. The molecule has 0 aromatic heterocycles. The fourth-order valence-corrected chi connectivity index (χ4v) is 3.45. The number of hydrogen-bond acceptors (Lipinski definition) is 3. The van der Waals surface area contributed by atoms with Gasteiger partial charge >= 0.3 is 5.97 Å². The van der Waals surface area contributed by atoms with Gasteiger partial charge in [0.1, 0.15) is 6.04 Å². The molecule has 1 unspecified atom stereocenters. The fraction of sp³-hybridized carbons (Fsp3) is 0.300. The van der Waals surface area contributed by atoms with E-state index in [0.29, 0.717) is 6.54 Å². The molecule has 0 fully saturated rings. The van der Waals surface area contributed by atoms with E-state index in [1.54, 1.807) is 0 Å². The van der Waals surface area contributed by atoms with Crippen LogP contribution in [0.25, 0.3) is 23.3 Å². The number of carbonyl (C=O) groups is 1. The number of rotatable bonds is 8. The molecule has 3 aromatic rings. The van der Waals surface area contributed by atoms with Crippen LogP contribution in [0, 0.1) is 13.8 Å². The van der Waals surface area contributed by atoms with Crippen LogP contribution >= 0.6 is 0 Å². The van der Waals surface area contributed by atoms with E-state index in [0.717, 1.165) is 16.7 Å². The van der Waals surface area contributed by atoms with Gasteiger partial charge in [-0.05, 0) is 52.8 Å². The Morgan fingerprint density at radius 3 is 2.12 bits per heavy atom. The monoisotopic (exact) mass is 461 g/mol. The van der Waals surface area contributed by atoms with Crippen molar-refractivity contribution < 1.29 is 15.0 Å². The molecule has 0 heterocycles. The van der Waals surface area contributed by atoms with Crippen molar-refractivity contribution in [1.29, 1.82) is 0 Å². The van der Waals surface area contributed by atoms with Gasteiger partial charge in [-0.3, -0.25) is 10.1 Å². The van der Waals surface area contributed by atoms with Crippen molar-refractivity contribution in [2.24, 2.45) is 0 Å². The summed E-state index contributed by atoms with van der Waals surface area (Å²) in [5.41, 5.74) is 8.05. The Labute approximate surface area is 205 Å². The van der Waals surface area contributed by atoms with E-state index in [9.17, 15) is 4.79 Å². The first kappa shape index (κ1) is 28.8. The van der Waals surface area contributed by atoms with E-state index in [-0.39, 0.29) is 0 Å². The van der Waals surface area contributed by atoms with E-state index < -0.39 is 18.6 Å². The Kier molecular flexibility index (Phi) is 13.2. The third kappa shape index (κ3) is 8.29. The van der Waals surface area contributed by atoms with Crippen LogP contribution in [0.5, 0.6) is 0 Å². The largest absolute Gasteiger partial charge is 0.480 e. The molecule has 0 amide bonds. The van der Waals surface area contributed by atoms with Crippen molar-refractivity contribution in [3.63, 3.8) is 0 Å². The van der Waals surface area contributed by atoms with Crippen molar-refractivity contribution in [3.8, 4) is 11.1 Å². The number of aliphatic hydroxyl groups is 1. The van der Waals surface area contributed by atoms with E-state index in [2.05, 4.69) is 66.9 Å². The SMILES string of the molecule is CC.CC.Cc1cc(CNC(CO)C(=O)O)ccc1/C=C/c1cccc(-c2ccccc2)c1C. The van der Waals surface area contributed by atoms with Crippen LogP contribution in [0.15, 0.2) is 66.7 Å². The van der Waals surface area contributed by atoms with Gasteiger partial charge in [-0.2, -0.15) is 0 Å². The molecule has 0 aliphatic carbocycles. The molecule has 0 spiro atoms. The molecule has 0 saturated carbocycles. The molecular weight excluding hydrogens is 422 g/mol. The molecule has 0 radical (unpaired) electrons. The molecule has 4 heteroatoms. The molecule has 3 N–H and O–H groups in total. The normalized spacial score (nSPS) is 11.1. The van der Waals surface area contributed by atoms with Gasteiger partial charge in [0.25, 0.3) is 0 Å². The Bertz CT molecular complexity index is 1040. The lowest BCUT2D eigenvalue weighted by Crippen LogP contribution is -2.39. The number of aryl methyl sites for hydroxylation is 1. The third-order valence-electron chi connectivity index (χ3n) is 5.27. The summed E-state index contributed by atoms with van der Waals surface area (Å²) < 4.78 is 0. The number of hydrogen-bond donors (Lipinski definition) is 3. The standard InChI is InChI=1S/C26H27NO3.2C2H6/c1-18-15-20(16-27-25(17-28)26(29)30)11-12-21(18)13-14-22-9-6-10-24(19(22)2)23-7-4-3-5-8-23;2*1-2/h3-15,25,27-28H,16-17H2,1-2H3,(H,29,30);2*1-2H3/b14-13+;;. The molecule has 4 nitrogen and oxygen atoms in total. The predicted octanol–water partition coefficient (Wildman–Crippen LogP) is 6.73. The van der Waals surface area contributed by atoms with Gasteiger partial charge in [0.2, 0.25) is 0 Å². The number of carboxylic acid groups (broad SMARTS) is 1. The highest BCUT2D eigenvalue weighted by Crippen LogP contribution is 2.27. The summed E-state index contributed by atoms with van der Waals surface area (Å²) in [5.74, 6) is -1.05. The summed E-state index contributed by atoms with van der Waals surface area (Å²) >= 11 is 0. The van der Waals surface area contributed by atoms with Gasteiger partial charge in [0.15, 0.2) is 0 Å². The summed E-state index contributed by atoms with van der Waals surface area (Å²) in [6.45, 7) is 12.1. The lowest BCUT2D eigenvalue weighted by atomic mass is 9.95. The lowest BCUT2D eigenvalue weighted by molar-refractivity contribution is -0.140. The Morgan fingerprint density at radius 1 is 0.882 bits per heavy atom. The van der Waals surface area contributed by atoms with Crippen LogP contribution < -0.4 is 5.32 Å². The van der Waals surface area contributed by atoms with Crippen LogP contribution in [0.3, 0.4) is 0 Å². The lowest BCUT2D eigenvalue weighted by Gasteiger charge is -2.12. The van der Waals surface area contributed by atoms with Crippen molar-refractivity contribution in [2.45, 2.75) is 54.1 Å². The maximum Gasteiger partial charge on any atom is 0.323 e. The number of aliphatic hydroxyl groups excluding tert-OH is 1. The van der Waals surface area contributed by atoms with Gasteiger partial charge in [-0.15, -0.1) is 0 Å². The first-order valence-electron chi connectivity index (χ1n) is 12.0. The summed E-state index contributed by atoms with van der Waals surface area (Å²) in [6.07, 6.45) is 4.24. The van der Waals surface area contributed by atoms with Crippen molar-refractivity contribution in [1.82, 2.24) is 5.32 Å². The molecule has 3 rings (SSSR count). The molecule has 0 saturated heterocycles. The zero-order valence-electron chi connectivity index (χ0n) is 21.3. The smallest absolute Gasteiger partial charge is 0.323 e. The van der Waals surface area contributed by atoms with Crippen LogP contribution in [0.4, 0.5) is 0 Å². The molecule has 1 atom stereocenters. The molecule has 34 heavy (non-hydrogen) atoms. The van der Waals surface area contributed by atoms with Gasteiger partial charge in [0, 0.05) is 6.54 Å². The minimum absolute atomic E-state index is 0.389. The number of nitrogens with one attached hydrogen (secondary N) is 1. The highest BCUT2D eigenvalue weighted by molar-refractivity contribution is 5.78. The van der Waals surface area contributed by atoms with E-state index in [1.165, 1.54) is 22.3 Å². The van der Waals surface area contributed by atoms with Crippen molar-refractivity contribution in [2.75, 3.05) is 6.61 Å². The Hall–Kier alpha value is -3.21. The molecule has 0 bridgehead atoms. The number of aliphatic carboxylic acids is 1. The van der Waals surface area contributed by atoms with E-state index in [4.69, 9.17) is 10.2 Å². The molecule has 182 valence electrons. The van der Waals surface area contributed by atoms with Crippen LogP contribution in [0.2, 0.25) is 0 Å². The highest BCUT2D eigenvalue weighted by Gasteiger charge is 2.14. The average molecular weight is 462 g/mol. The summed E-state index contributed by atoms with van der Waals surface area (Å²) in [6, 6.07) is 21.8. The third-order valence-corrected chi connectivity index (χ3v) is 5.27. The zero-order chi connectivity index (χ0) is 25.5. The second kappa shape index (κ2) is 15.6. The van der Waals surface area contributed by atoms with Crippen LogP contribution in [0.1, 0.15) is 55.5 Å². The minimum Gasteiger partial charge on any atom is -0.480 e. The van der Waals surface area contributed by atoms with Gasteiger partial charge < -0.3 is 10.2 Å². The molecule has 0 aliphatic rings. The quantitative estimate of drug-likeness (QED) is 0.325. The van der Waals surface area contributed by atoms with Gasteiger partial charge in [-0.25, -0.2) is 0 Å². The van der Waals surface area contributed by atoms with Gasteiger partial charge in [0.05, 0.1) is 6.61 Å². The summed E-state index contributed by atoms with van der Waals surface area (Å²) in [5, 5.41) is 21.0. The van der Waals surface area contributed by atoms with Gasteiger partial charge in [-0.1, -0.05) is 107 Å². The fourth-order valence-electron chi connectivity index (χ4n) is 3.45. The number of benzene rings is 3. The topological polar surface area (TPSA) is 69.6 Å². The Balaban J connectivity index is 0.00000137. The first-order chi connectivity index (χ1) is 16.5. The van der Waals surface area contributed by atoms with Crippen LogP contribution in [-0.2, 0) is 11.3 Å². The summed E-state index contributed by atoms with van der Waals surface area (Å²) in [7, 11) is 0. The molecule has 0 aliphatic heterocycles.